The third kappa shape index (κ3) is 3.83. The van der Waals surface area contributed by atoms with Gasteiger partial charge in [0.2, 0.25) is 0 Å². The van der Waals surface area contributed by atoms with Gasteiger partial charge in [-0.25, -0.2) is 0 Å². The summed E-state index contributed by atoms with van der Waals surface area (Å²) in [6.07, 6.45) is 7.56. The first kappa shape index (κ1) is 20.2. The second-order valence-corrected chi connectivity index (χ2v) is 8.01. The smallest absolute Gasteiger partial charge is 0.170 e. The molecule has 5 rings (SSSR count). The largest absolute Gasteiger partial charge is 0.497 e. The fraction of sp³-hybridized carbons (Fsp3) is 0.160. The van der Waals surface area contributed by atoms with E-state index >= 15 is 0 Å². The molecule has 1 fully saturated rings. The molecule has 2 unspecified atom stereocenters. The van der Waals surface area contributed by atoms with Crippen molar-refractivity contribution in [3.8, 4) is 11.4 Å². The van der Waals surface area contributed by atoms with Crippen molar-refractivity contribution >= 4 is 17.3 Å². The molecule has 6 nitrogen and oxygen atoms in total. The van der Waals surface area contributed by atoms with E-state index in [2.05, 4.69) is 55.2 Å². The van der Waals surface area contributed by atoms with Gasteiger partial charge < -0.3 is 19.5 Å². The van der Waals surface area contributed by atoms with Crippen LogP contribution in [0.3, 0.4) is 0 Å². The second kappa shape index (κ2) is 8.80. The molecule has 160 valence electrons. The third-order valence-electron chi connectivity index (χ3n) is 5.69. The van der Waals surface area contributed by atoms with E-state index in [-0.39, 0.29) is 12.1 Å². The molecule has 4 heterocycles. The van der Waals surface area contributed by atoms with Gasteiger partial charge in [-0.3, -0.25) is 9.97 Å². The van der Waals surface area contributed by atoms with E-state index in [1.54, 1.807) is 13.3 Å². The first-order chi connectivity index (χ1) is 15.7. The molecule has 0 aliphatic carbocycles. The van der Waals surface area contributed by atoms with Crippen LogP contribution < -0.4 is 10.1 Å². The van der Waals surface area contributed by atoms with Gasteiger partial charge in [-0.1, -0.05) is 18.2 Å². The van der Waals surface area contributed by atoms with Gasteiger partial charge in [0.1, 0.15) is 5.75 Å². The predicted octanol–water partition coefficient (Wildman–Crippen LogP) is 4.45. The molecule has 1 N–H and O–H groups in total. The van der Waals surface area contributed by atoms with Crippen molar-refractivity contribution in [3.63, 3.8) is 0 Å². The quantitative estimate of drug-likeness (QED) is 0.446. The molecule has 1 saturated heterocycles. The molecule has 4 aromatic rings. The van der Waals surface area contributed by atoms with Gasteiger partial charge in [0.05, 0.1) is 24.9 Å². The lowest BCUT2D eigenvalue weighted by atomic mass is 10.0. The van der Waals surface area contributed by atoms with E-state index in [9.17, 15) is 0 Å². The Labute approximate surface area is 192 Å². The number of ether oxygens (including phenoxy) is 1. The van der Waals surface area contributed by atoms with Gasteiger partial charge in [0, 0.05) is 48.8 Å². The minimum atomic E-state index is -0.0837. The summed E-state index contributed by atoms with van der Waals surface area (Å²) >= 11 is 5.80. The zero-order chi connectivity index (χ0) is 21.9. The van der Waals surface area contributed by atoms with E-state index in [0.717, 1.165) is 28.4 Å². The number of hydrogen-bond donors (Lipinski definition) is 1. The highest BCUT2D eigenvalue weighted by Crippen LogP contribution is 2.40. The lowest BCUT2D eigenvalue weighted by Gasteiger charge is -2.29. The molecule has 0 bridgehead atoms. The molecule has 1 aliphatic rings. The minimum Gasteiger partial charge on any atom is -0.497 e. The van der Waals surface area contributed by atoms with E-state index in [1.807, 2.05) is 54.9 Å². The van der Waals surface area contributed by atoms with Crippen LogP contribution in [0.25, 0.3) is 5.69 Å². The van der Waals surface area contributed by atoms with Crippen molar-refractivity contribution in [2.24, 2.45) is 0 Å². The van der Waals surface area contributed by atoms with E-state index in [0.29, 0.717) is 11.7 Å². The van der Waals surface area contributed by atoms with Crippen molar-refractivity contribution in [1.82, 2.24) is 24.8 Å². The van der Waals surface area contributed by atoms with Crippen LogP contribution in [0.2, 0.25) is 0 Å². The highest BCUT2D eigenvalue weighted by atomic mass is 32.1. The molecule has 1 aliphatic heterocycles. The number of hydrogen-bond acceptors (Lipinski definition) is 4. The van der Waals surface area contributed by atoms with Gasteiger partial charge in [-0.2, -0.15) is 0 Å². The Bertz CT molecular complexity index is 1210. The number of benzene rings is 1. The summed E-state index contributed by atoms with van der Waals surface area (Å²) in [6.45, 7) is 0.650. The Hall–Kier alpha value is -3.71. The van der Waals surface area contributed by atoms with Crippen molar-refractivity contribution in [2.75, 3.05) is 7.11 Å². The standard InChI is InChI=1S/C25H23N5OS/c1-31-20-9-4-8-19(15-20)29-14-6-11-22(29)24-23(21-10-2-3-13-27-21)28-25(32)30(24)17-18-7-5-12-26-16-18/h2-16,23-24H,17H2,1H3,(H,28,32). The normalized spacial score (nSPS) is 17.9. The Kier molecular flexibility index (Phi) is 5.56. The number of rotatable bonds is 6. The first-order valence-corrected chi connectivity index (χ1v) is 10.8. The summed E-state index contributed by atoms with van der Waals surface area (Å²) in [4.78, 5) is 11.1. The maximum atomic E-state index is 5.80. The van der Waals surface area contributed by atoms with Crippen LogP contribution in [0.15, 0.2) is 91.5 Å². The van der Waals surface area contributed by atoms with Gasteiger partial charge in [-0.05, 0) is 60.2 Å². The summed E-state index contributed by atoms with van der Waals surface area (Å²) < 4.78 is 7.64. The SMILES string of the molecule is COc1cccc(-n2cccc2C2C(c3ccccn3)NC(=S)N2Cc2cccnc2)c1. The number of methoxy groups -OCH3 is 1. The Morgan fingerprint density at radius 2 is 1.97 bits per heavy atom. The highest BCUT2D eigenvalue weighted by molar-refractivity contribution is 7.80. The van der Waals surface area contributed by atoms with Crippen LogP contribution in [0.4, 0.5) is 0 Å². The van der Waals surface area contributed by atoms with Crippen molar-refractivity contribution in [2.45, 2.75) is 18.6 Å². The molecule has 0 radical (unpaired) electrons. The molecule has 7 heteroatoms. The molecule has 1 aromatic carbocycles. The summed E-state index contributed by atoms with van der Waals surface area (Å²) in [7, 11) is 1.68. The predicted molar refractivity (Wildman–Crippen MR) is 128 cm³/mol. The molecular formula is C25H23N5OS. The average molecular weight is 442 g/mol. The van der Waals surface area contributed by atoms with Gasteiger partial charge in [0.15, 0.2) is 5.11 Å². The summed E-state index contributed by atoms with van der Waals surface area (Å²) in [6, 6.07) is 22.1. The first-order valence-electron chi connectivity index (χ1n) is 10.4. The summed E-state index contributed by atoms with van der Waals surface area (Å²) in [5.74, 6) is 0.815. The van der Waals surface area contributed by atoms with Gasteiger partial charge >= 0.3 is 0 Å². The average Bonchev–Trinajstić information content (AvgIpc) is 3.45. The fourth-order valence-electron chi connectivity index (χ4n) is 4.22. The molecule has 0 spiro atoms. The van der Waals surface area contributed by atoms with E-state index < -0.39 is 0 Å². The third-order valence-corrected chi connectivity index (χ3v) is 6.04. The molecular weight excluding hydrogens is 418 g/mol. The van der Waals surface area contributed by atoms with Crippen LogP contribution in [0.5, 0.6) is 5.75 Å². The maximum absolute atomic E-state index is 5.80. The highest BCUT2D eigenvalue weighted by Gasteiger charge is 2.41. The summed E-state index contributed by atoms with van der Waals surface area (Å²) in [5, 5.41) is 4.22. The zero-order valence-electron chi connectivity index (χ0n) is 17.6. The van der Waals surface area contributed by atoms with E-state index in [1.165, 1.54) is 0 Å². The van der Waals surface area contributed by atoms with E-state index in [4.69, 9.17) is 17.0 Å². The molecule has 0 amide bonds. The van der Waals surface area contributed by atoms with Crippen LogP contribution >= 0.6 is 12.2 Å². The summed E-state index contributed by atoms with van der Waals surface area (Å²) in [5.41, 5.74) is 4.20. The second-order valence-electron chi connectivity index (χ2n) is 7.62. The monoisotopic (exact) mass is 441 g/mol. The number of thiocarbonyl (C=S) groups is 1. The van der Waals surface area contributed by atoms with Crippen molar-refractivity contribution < 1.29 is 4.74 Å². The van der Waals surface area contributed by atoms with Gasteiger partial charge in [-0.15, -0.1) is 0 Å². The number of nitrogens with one attached hydrogen (secondary N) is 1. The Balaban J connectivity index is 1.60. The lowest BCUT2D eigenvalue weighted by molar-refractivity contribution is 0.302. The van der Waals surface area contributed by atoms with Crippen LogP contribution in [-0.2, 0) is 6.54 Å². The van der Waals surface area contributed by atoms with Crippen LogP contribution in [0.1, 0.15) is 29.0 Å². The maximum Gasteiger partial charge on any atom is 0.170 e. The van der Waals surface area contributed by atoms with Crippen LogP contribution in [-0.4, -0.2) is 31.7 Å². The molecule has 3 aromatic heterocycles. The van der Waals surface area contributed by atoms with Gasteiger partial charge in [0.25, 0.3) is 0 Å². The molecule has 2 atom stereocenters. The Morgan fingerprint density at radius 3 is 2.75 bits per heavy atom. The molecule has 0 saturated carbocycles. The molecule has 32 heavy (non-hydrogen) atoms. The lowest BCUT2D eigenvalue weighted by Crippen LogP contribution is -2.30. The van der Waals surface area contributed by atoms with Crippen LogP contribution in [0, 0.1) is 0 Å². The Morgan fingerprint density at radius 1 is 1.03 bits per heavy atom. The number of nitrogens with zero attached hydrogens (tertiary/aromatic N) is 4. The topological polar surface area (TPSA) is 55.2 Å². The van der Waals surface area contributed by atoms with Crippen molar-refractivity contribution in [3.05, 3.63) is 108 Å². The zero-order valence-corrected chi connectivity index (χ0v) is 18.4. The fourth-order valence-corrected chi connectivity index (χ4v) is 4.52. The number of pyridine rings is 2. The van der Waals surface area contributed by atoms with Crippen molar-refractivity contribution in [1.29, 1.82) is 0 Å². The minimum absolute atomic E-state index is 0.0567. The number of aromatic nitrogens is 3.